The van der Waals surface area contributed by atoms with E-state index in [-0.39, 0.29) is 28.4 Å². The molecule has 2 N–H and O–H groups in total. The molecule has 1 saturated heterocycles. The second kappa shape index (κ2) is 12.6. The Balaban J connectivity index is 1.24. The van der Waals surface area contributed by atoms with Crippen LogP contribution in [-0.4, -0.2) is 33.7 Å². The maximum Gasteiger partial charge on any atom is 0.335 e. The van der Waals surface area contributed by atoms with Crippen LogP contribution < -0.4 is 15.5 Å². The smallest absolute Gasteiger partial charge is 0.322 e. The molecule has 11 nitrogen and oxygen atoms in total. The fourth-order valence-electron chi connectivity index (χ4n) is 4.53. The lowest BCUT2D eigenvalue weighted by atomic mass is 10.1. The van der Waals surface area contributed by atoms with E-state index in [0.717, 1.165) is 26.9 Å². The van der Waals surface area contributed by atoms with Gasteiger partial charge in [-0.2, -0.15) is 0 Å². The zero-order chi connectivity index (χ0) is 32.5. The highest BCUT2D eigenvalue weighted by molar-refractivity contribution is 8.01. The lowest BCUT2D eigenvalue weighted by molar-refractivity contribution is -0.387. The zero-order valence-electron chi connectivity index (χ0n) is 23.6. The topological polar surface area (TPSA) is 152 Å². The predicted molar refractivity (Wildman–Crippen MR) is 176 cm³/mol. The fraction of sp³-hybridized carbons (Fsp3) is 0.0312. The highest BCUT2D eigenvalue weighted by Crippen LogP contribution is 2.40. The molecule has 2 heterocycles. The molecule has 0 spiro atoms. The van der Waals surface area contributed by atoms with E-state index in [1.165, 1.54) is 35.6 Å². The molecular formula is C32H20ClN5O6S2. The Hall–Kier alpha value is -5.37. The van der Waals surface area contributed by atoms with Crippen molar-refractivity contribution in [2.45, 2.75) is 16.2 Å². The summed E-state index contributed by atoms with van der Waals surface area (Å²) in [6, 6.07) is 21.7. The van der Waals surface area contributed by atoms with E-state index in [4.69, 9.17) is 11.6 Å². The average molecular weight is 670 g/mol. The minimum absolute atomic E-state index is 0.220. The Labute approximate surface area is 274 Å². The summed E-state index contributed by atoms with van der Waals surface area (Å²) in [5.74, 6) is -2.06. The Morgan fingerprint density at radius 2 is 1.76 bits per heavy atom. The van der Waals surface area contributed by atoms with Crippen LogP contribution in [0, 0.1) is 17.0 Å². The standard InChI is InChI=1S/C32H20ClN5O6S2/c1-17-2-10-22(11-3-17)37-30(41)23(29(40)36-31(37)42)14-18-4-13-26(25(15-18)38(43)44)45-32-35-24-12-9-21(16-27(24)46-32)34-28(39)19-5-7-20(33)8-6-19/h2-16H,1H3,(H,34,39)(H,36,40,42)/b23-14+. The fourth-order valence-corrected chi connectivity index (χ4v) is 6.80. The molecule has 0 aliphatic carbocycles. The van der Waals surface area contributed by atoms with E-state index < -0.39 is 22.8 Å². The van der Waals surface area contributed by atoms with Gasteiger partial charge in [-0.05, 0) is 79.2 Å². The van der Waals surface area contributed by atoms with Gasteiger partial charge >= 0.3 is 6.03 Å². The molecule has 0 radical (unpaired) electrons. The first-order valence-electron chi connectivity index (χ1n) is 13.5. The molecule has 0 bridgehead atoms. The van der Waals surface area contributed by atoms with Crippen LogP contribution in [0.5, 0.6) is 0 Å². The van der Waals surface area contributed by atoms with Crippen LogP contribution in [0.3, 0.4) is 0 Å². The molecule has 0 unspecified atom stereocenters. The molecule has 1 aromatic heterocycles. The van der Waals surface area contributed by atoms with Crippen LogP contribution in [0.15, 0.2) is 99.7 Å². The van der Waals surface area contributed by atoms with Crippen molar-refractivity contribution in [2.24, 2.45) is 0 Å². The van der Waals surface area contributed by atoms with Crippen LogP contribution >= 0.6 is 34.7 Å². The molecule has 0 saturated carbocycles. The molecule has 4 aromatic carbocycles. The molecule has 1 aliphatic heterocycles. The summed E-state index contributed by atoms with van der Waals surface area (Å²) in [6.07, 6.45) is 1.21. The van der Waals surface area contributed by atoms with Gasteiger partial charge in [-0.3, -0.25) is 29.8 Å². The molecule has 14 heteroatoms. The van der Waals surface area contributed by atoms with Crippen LogP contribution in [0.4, 0.5) is 21.9 Å². The predicted octanol–water partition coefficient (Wildman–Crippen LogP) is 7.24. The number of thiazole rings is 1. The number of amides is 5. The summed E-state index contributed by atoms with van der Waals surface area (Å²) < 4.78 is 1.29. The first-order valence-corrected chi connectivity index (χ1v) is 15.5. The number of anilines is 2. The highest BCUT2D eigenvalue weighted by atomic mass is 35.5. The van der Waals surface area contributed by atoms with Crippen molar-refractivity contribution in [1.82, 2.24) is 10.3 Å². The largest absolute Gasteiger partial charge is 0.335 e. The van der Waals surface area contributed by atoms with Gasteiger partial charge in [0, 0.05) is 22.3 Å². The summed E-state index contributed by atoms with van der Waals surface area (Å²) >= 11 is 8.29. The van der Waals surface area contributed by atoms with Crippen molar-refractivity contribution >= 4 is 91.8 Å². The van der Waals surface area contributed by atoms with E-state index in [0.29, 0.717) is 31.0 Å². The van der Waals surface area contributed by atoms with Gasteiger partial charge in [0.1, 0.15) is 5.57 Å². The third-order valence-electron chi connectivity index (χ3n) is 6.81. The number of urea groups is 1. The number of carbonyl (C=O) groups excluding carboxylic acids is 4. The quantitative estimate of drug-likeness (QED) is 0.0797. The van der Waals surface area contributed by atoms with Crippen LogP contribution in [0.25, 0.3) is 16.3 Å². The monoisotopic (exact) mass is 669 g/mol. The van der Waals surface area contributed by atoms with Gasteiger partial charge in [-0.15, -0.1) is 11.3 Å². The number of carbonyl (C=O) groups is 4. The van der Waals surface area contributed by atoms with Crippen molar-refractivity contribution in [3.8, 4) is 0 Å². The first kappa shape index (κ1) is 30.6. The molecule has 1 aliphatic rings. The number of rotatable bonds is 7. The van der Waals surface area contributed by atoms with Gasteiger partial charge < -0.3 is 5.32 Å². The summed E-state index contributed by atoms with van der Waals surface area (Å²) in [5, 5.41) is 17.6. The van der Waals surface area contributed by atoms with Gasteiger partial charge in [0.05, 0.1) is 25.7 Å². The minimum Gasteiger partial charge on any atom is -0.322 e. The molecule has 228 valence electrons. The summed E-state index contributed by atoms with van der Waals surface area (Å²) in [5.41, 5.74) is 2.46. The summed E-state index contributed by atoms with van der Waals surface area (Å²) in [6.45, 7) is 1.85. The minimum atomic E-state index is -0.905. The number of halogens is 1. The van der Waals surface area contributed by atoms with Gasteiger partial charge in [0.15, 0.2) is 4.34 Å². The zero-order valence-corrected chi connectivity index (χ0v) is 26.0. The molecule has 0 atom stereocenters. The molecule has 6 rings (SSSR count). The average Bonchev–Trinajstić information content (AvgIpc) is 3.42. The van der Waals surface area contributed by atoms with Crippen LogP contribution in [-0.2, 0) is 9.59 Å². The summed E-state index contributed by atoms with van der Waals surface area (Å²) in [7, 11) is 0. The maximum absolute atomic E-state index is 13.2. The Morgan fingerprint density at radius 1 is 1.02 bits per heavy atom. The second-order valence-corrected chi connectivity index (χ2v) is 12.8. The normalized spacial score (nSPS) is 14.1. The molecule has 1 fully saturated rings. The third-order valence-corrected chi connectivity index (χ3v) is 9.21. The van der Waals surface area contributed by atoms with Gasteiger partial charge in [0.2, 0.25) is 0 Å². The number of nitrogens with one attached hydrogen (secondary N) is 2. The van der Waals surface area contributed by atoms with E-state index >= 15 is 0 Å². The van der Waals surface area contributed by atoms with Crippen molar-refractivity contribution < 1.29 is 24.1 Å². The molecular weight excluding hydrogens is 650 g/mol. The number of aromatic nitrogens is 1. The highest BCUT2D eigenvalue weighted by Gasteiger charge is 2.37. The molecule has 5 amide bonds. The number of imide groups is 2. The number of hydrogen-bond acceptors (Lipinski definition) is 9. The maximum atomic E-state index is 13.2. The van der Waals surface area contributed by atoms with Crippen molar-refractivity contribution in [2.75, 3.05) is 10.2 Å². The molecule has 5 aromatic rings. The molecule has 46 heavy (non-hydrogen) atoms. The van der Waals surface area contributed by atoms with E-state index in [9.17, 15) is 29.3 Å². The number of nitro benzene ring substituents is 1. The Bertz CT molecular complexity index is 2110. The van der Waals surface area contributed by atoms with E-state index in [2.05, 4.69) is 15.6 Å². The number of nitro groups is 1. The van der Waals surface area contributed by atoms with Crippen molar-refractivity contribution in [1.29, 1.82) is 0 Å². The number of fused-ring (bicyclic) bond motifs is 1. The van der Waals surface area contributed by atoms with Crippen molar-refractivity contribution in [3.63, 3.8) is 0 Å². The lowest BCUT2D eigenvalue weighted by Crippen LogP contribution is -2.54. The van der Waals surface area contributed by atoms with Crippen LogP contribution in [0.1, 0.15) is 21.5 Å². The van der Waals surface area contributed by atoms with E-state index in [1.807, 2.05) is 6.92 Å². The summed E-state index contributed by atoms with van der Waals surface area (Å²) in [4.78, 5) is 68.1. The number of nitrogens with zero attached hydrogens (tertiary/aromatic N) is 3. The van der Waals surface area contributed by atoms with Gasteiger partial charge in [-0.1, -0.05) is 47.1 Å². The van der Waals surface area contributed by atoms with Gasteiger partial charge in [-0.25, -0.2) is 14.7 Å². The van der Waals surface area contributed by atoms with E-state index in [1.54, 1.807) is 66.7 Å². The van der Waals surface area contributed by atoms with Gasteiger partial charge in [0.25, 0.3) is 23.4 Å². The number of benzene rings is 4. The Morgan fingerprint density at radius 3 is 2.48 bits per heavy atom. The Kier molecular flexibility index (Phi) is 8.37. The van der Waals surface area contributed by atoms with Crippen LogP contribution in [0.2, 0.25) is 5.02 Å². The number of aryl methyl sites for hydroxylation is 1. The lowest BCUT2D eigenvalue weighted by Gasteiger charge is -2.26. The SMILES string of the molecule is Cc1ccc(N2C(=O)NC(=O)/C(=C\c3ccc(Sc4nc5ccc(NC(=O)c6ccc(Cl)cc6)cc5s4)c([N+](=O)[O-])c3)C2=O)cc1. The van der Waals surface area contributed by atoms with Crippen molar-refractivity contribution in [3.05, 3.63) is 122 Å². The number of barbiturate groups is 1. The second-order valence-electron chi connectivity index (χ2n) is 10.0. The number of hydrogen-bond donors (Lipinski definition) is 2. The first-order chi connectivity index (χ1) is 22.0. The third kappa shape index (κ3) is 6.38.